The lowest BCUT2D eigenvalue weighted by atomic mass is 9.97. The van der Waals surface area contributed by atoms with Gasteiger partial charge in [-0.05, 0) is 18.1 Å². The number of aliphatic carboxylic acids is 1. The fraction of sp³-hybridized carbons (Fsp3) is 0.333. The van der Waals surface area contributed by atoms with Gasteiger partial charge in [-0.15, -0.1) is 0 Å². The molecule has 1 unspecified atom stereocenters. The number of benzene rings is 1. The average molecular weight is 482 g/mol. The zero-order chi connectivity index (χ0) is 24.1. The Bertz CT molecular complexity index is 1130. The second kappa shape index (κ2) is 10.7. The van der Waals surface area contributed by atoms with E-state index in [0.717, 1.165) is 6.26 Å². The summed E-state index contributed by atoms with van der Waals surface area (Å²) in [5.74, 6) is -2.12. The minimum Gasteiger partial charge on any atom is -0.481 e. The fourth-order valence-electron chi connectivity index (χ4n) is 2.88. The van der Waals surface area contributed by atoms with Crippen molar-refractivity contribution in [3.8, 4) is 11.3 Å². The second-order valence-electron chi connectivity index (χ2n) is 7.47. The highest BCUT2D eigenvalue weighted by molar-refractivity contribution is 7.91. The molecule has 0 aliphatic carbocycles. The lowest BCUT2D eigenvalue weighted by Crippen LogP contribution is -2.15. The van der Waals surface area contributed by atoms with E-state index >= 15 is 0 Å². The van der Waals surface area contributed by atoms with Crippen LogP contribution >= 0.6 is 11.6 Å². The number of halogens is 1. The number of nitrogens with one attached hydrogen (secondary N) is 1. The number of ketones is 1. The first-order valence-electron chi connectivity index (χ1n) is 9.61. The minimum absolute atomic E-state index is 0.101. The van der Waals surface area contributed by atoms with Gasteiger partial charge < -0.3 is 10.2 Å². The Morgan fingerprint density at radius 2 is 1.81 bits per heavy atom. The quantitative estimate of drug-likeness (QED) is 0.438. The first-order valence-corrected chi connectivity index (χ1v) is 11.9. The molecular weight excluding hydrogens is 458 g/mol. The Morgan fingerprint density at radius 3 is 2.34 bits per heavy atom. The van der Waals surface area contributed by atoms with E-state index in [2.05, 4.69) is 14.7 Å². The normalized spacial score (nSPS) is 12.8. The number of carboxylic acid groups (broad SMARTS) is 1. The maximum Gasteiger partial charge on any atom is 0.310 e. The largest absolute Gasteiger partial charge is 0.481 e. The molecule has 32 heavy (non-hydrogen) atoms. The number of carbonyl (C=O) groups excluding carboxylic acids is 1. The van der Waals surface area contributed by atoms with Crippen LogP contribution in [-0.2, 0) is 19.6 Å². The number of carbonyl (C=O) groups is 2. The molecule has 0 amide bonds. The molecule has 2 aromatic rings. The third kappa shape index (κ3) is 7.70. The molecule has 0 fully saturated rings. The number of hydrogen-bond donors (Lipinski definition) is 3. The molecule has 2 rings (SSSR count). The van der Waals surface area contributed by atoms with Crippen LogP contribution in [0.5, 0.6) is 0 Å². The van der Waals surface area contributed by atoms with Gasteiger partial charge in [0, 0.05) is 22.6 Å². The molecule has 172 valence electrons. The van der Waals surface area contributed by atoms with Gasteiger partial charge in [-0.25, -0.2) is 18.4 Å². The molecule has 0 aliphatic heterocycles. The molecular formula is C21H24ClN3O6S. The number of aliphatic hydroxyl groups excluding tert-OH is 1. The fourth-order valence-corrected chi connectivity index (χ4v) is 3.43. The molecule has 0 radical (unpaired) electrons. The molecule has 3 N–H and O–H groups in total. The molecule has 0 spiro atoms. The van der Waals surface area contributed by atoms with Crippen molar-refractivity contribution in [3.05, 3.63) is 46.6 Å². The van der Waals surface area contributed by atoms with Crippen LogP contribution in [0.25, 0.3) is 17.3 Å². The van der Waals surface area contributed by atoms with E-state index in [1.54, 1.807) is 30.3 Å². The first-order chi connectivity index (χ1) is 14.9. The Morgan fingerprint density at radius 1 is 1.19 bits per heavy atom. The van der Waals surface area contributed by atoms with Crippen molar-refractivity contribution in [3.63, 3.8) is 0 Å². The van der Waals surface area contributed by atoms with Gasteiger partial charge in [0.05, 0.1) is 23.7 Å². The van der Waals surface area contributed by atoms with Gasteiger partial charge in [-0.2, -0.15) is 0 Å². The molecule has 0 saturated heterocycles. The number of Topliss-reactive ketones (excluding diaryl/α,β-unsaturated/α-hetero) is 1. The summed E-state index contributed by atoms with van der Waals surface area (Å²) in [7, 11) is -3.63. The van der Waals surface area contributed by atoms with E-state index in [9.17, 15) is 23.1 Å². The summed E-state index contributed by atoms with van der Waals surface area (Å²) in [5, 5.41) is 19.4. The monoisotopic (exact) mass is 481 g/mol. The highest BCUT2D eigenvalue weighted by Crippen LogP contribution is 2.31. The second-order valence-corrected chi connectivity index (χ2v) is 9.66. The van der Waals surface area contributed by atoms with Crippen LogP contribution in [0.15, 0.2) is 30.3 Å². The number of anilines is 1. The van der Waals surface area contributed by atoms with Crippen molar-refractivity contribution in [2.24, 2.45) is 0 Å². The minimum atomic E-state index is -3.63. The lowest BCUT2D eigenvalue weighted by Gasteiger charge is -2.16. The van der Waals surface area contributed by atoms with Gasteiger partial charge in [0.15, 0.2) is 0 Å². The average Bonchev–Trinajstić information content (AvgIpc) is 2.64. The van der Waals surface area contributed by atoms with E-state index in [1.807, 2.05) is 13.8 Å². The van der Waals surface area contributed by atoms with Crippen LogP contribution in [0.1, 0.15) is 43.9 Å². The van der Waals surface area contributed by atoms with Gasteiger partial charge in [0.1, 0.15) is 12.2 Å². The van der Waals surface area contributed by atoms with E-state index < -0.39 is 34.3 Å². The highest BCUT2D eigenvalue weighted by atomic mass is 35.5. The molecule has 0 saturated carbocycles. The Kier molecular flexibility index (Phi) is 8.48. The molecule has 0 bridgehead atoms. The smallest absolute Gasteiger partial charge is 0.310 e. The van der Waals surface area contributed by atoms with E-state index in [0.29, 0.717) is 27.5 Å². The van der Waals surface area contributed by atoms with Crippen LogP contribution in [0.3, 0.4) is 0 Å². The summed E-state index contributed by atoms with van der Waals surface area (Å²) < 4.78 is 25.7. The van der Waals surface area contributed by atoms with Crippen LogP contribution in [0.2, 0.25) is 5.02 Å². The van der Waals surface area contributed by atoms with Gasteiger partial charge in [-0.3, -0.25) is 14.3 Å². The van der Waals surface area contributed by atoms with Crippen molar-refractivity contribution in [1.82, 2.24) is 9.97 Å². The number of nitrogens with zero attached hydrogens (tertiary/aromatic N) is 2. The summed E-state index contributed by atoms with van der Waals surface area (Å²) in [6, 6.07) is 6.74. The summed E-state index contributed by atoms with van der Waals surface area (Å²) in [6.45, 7) is 3.73. The van der Waals surface area contributed by atoms with Gasteiger partial charge in [0.2, 0.25) is 16.0 Å². The van der Waals surface area contributed by atoms with Crippen LogP contribution in [-0.4, -0.2) is 52.7 Å². The Labute approximate surface area is 191 Å². The summed E-state index contributed by atoms with van der Waals surface area (Å²) in [4.78, 5) is 31.0. The van der Waals surface area contributed by atoms with Crippen LogP contribution < -0.4 is 4.72 Å². The van der Waals surface area contributed by atoms with E-state index in [-0.39, 0.29) is 18.3 Å². The summed E-state index contributed by atoms with van der Waals surface area (Å²) in [6.07, 6.45) is 1.65. The Hall–Kier alpha value is -2.82. The predicted molar refractivity (Wildman–Crippen MR) is 122 cm³/mol. The number of aliphatic hydroxyl groups is 1. The third-order valence-corrected chi connectivity index (χ3v) is 4.99. The molecule has 11 heteroatoms. The van der Waals surface area contributed by atoms with Crippen molar-refractivity contribution in [1.29, 1.82) is 0 Å². The number of rotatable bonds is 10. The van der Waals surface area contributed by atoms with Crippen molar-refractivity contribution in [2.45, 2.75) is 38.7 Å². The zero-order valence-corrected chi connectivity index (χ0v) is 19.3. The van der Waals surface area contributed by atoms with Gasteiger partial charge in [0.25, 0.3) is 0 Å². The third-order valence-electron chi connectivity index (χ3n) is 4.19. The van der Waals surface area contributed by atoms with Crippen molar-refractivity contribution >= 4 is 45.4 Å². The van der Waals surface area contributed by atoms with Gasteiger partial charge in [-0.1, -0.05) is 49.7 Å². The molecule has 1 aromatic carbocycles. The lowest BCUT2D eigenvalue weighted by molar-refractivity contribution is -0.140. The number of hydrogen-bond acceptors (Lipinski definition) is 7. The SMILES string of the molecule is CC(C)c1nc(NS(C)(=O)=O)nc(-c2ccc(Cl)cc2)c1/C=C/C(O)CC(=O)CC(=O)O. The molecule has 0 aliphatic rings. The van der Waals surface area contributed by atoms with Crippen LogP contribution in [0.4, 0.5) is 5.95 Å². The highest BCUT2D eigenvalue weighted by Gasteiger charge is 2.19. The molecule has 9 nitrogen and oxygen atoms in total. The topological polar surface area (TPSA) is 147 Å². The zero-order valence-electron chi connectivity index (χ0n) is 17.7. The van der Waals surface area contributed by atoms with Gasteiger partial charge >= 0.3 is 5.97 Å². The van der Waals surface area contributed by atoms with E-state index in [1.165, 1.54) is 6.08 Å². The van der Waals surface area contributed by atoms with Crippen molar-refractivity contribution < 1.29 is 28.2 Å². The maximum absolute atomic E-state index is 11.7. The number of aromatic nitrogens is 2. The molecule has 1 atom stereocenters. The summed E-state index contributed by atoms with van der Waals surface area (Å²) >= 11 is 5.98. The molecule has 1 heterocycles. The van der Waals surface area contributed by atoms with E-state index in [4.69, 9.17) is 16.7 Å². The standard InChI is InChI=1S/C21H24ClN3O6S/c1-12(2)19-17(9-8-15(26)10-16(27)11-18(28)29)20(13-4-6-14(22)7-5-13)24-21(23-19)25-32(3,30)31/h4-9,12,15,26H,10-11H2,1-3H3,(H,28,29)(H,23,24,25)/b9-8+. The first kappa shape index (κ1) is 25.4. The van der Waals surface area contributed by atoms with Crippen LogP contribution in [0, 0.1) is 0 Å². The summed E-state index contributed by atoms with van der Waals surface area (Å²) in [5.41, 5.74) is 2.06. The van der Waals surface area contributed by atoms with Crippen molar-refractivity contribution in [2.75, 3.05) is 11.0 Å². The number of carboxylic acids is 1. The maximum atomic E-state index is 11.7. The number of sulfonamides is 1. The Balaban J connectivity index is 2.56. The molecule has 1 aromatic heterocycles. The predicted octanol–water partition coefficient (Wildman–Crippen LogP) is 3.10.